The van der Waals surface area contributed by atoms with E-state index in [0.29, 0.717) is 6.54 Å². The van der Waals surface area contributed by atoms with E-state index in [1.165, 1.54) is 29.5 Å². The second kappa shape index (κ2) is 5.59. The molecule has 0 amide bonds. The number of hydrogen-bond donors (Lipinski definition) is 1. The Bertz CT molecular complexity index is 547. The van der Waals surface area contributed by atoms with Gasteiger partial charge in [0.15, 0.2) is 0 Å². The van der Waals surface area contributed by atoms with Crippen LogP contribution in [0.3, 0.4) is 0 Å². The van der Waals surface area contributed by atoms with Crippen LogP contribution in [0.15, 0.2) is 41.0 Å². The molecular formula is C16H20N2O. The highest BCUT2D eigenvalue weighted by atomic mass is 16.3. The van der Waals surface area contributed by atoms with Crippen molar-refractivity contribution in [1.82, 2.24) is 4.90 Å². The molecule has 0 spiro atoms. The van der Waals surface area contributed by atoms with Crippen molar-refractivity contribution in [3.05, 3.63) is 59.0 Å². The molecule has 0 unspecified atom stereocenters. The average molecular weight is 256 g/mol. The van der Waals surface area contributed by atoms with Crippen molar-refractivity contribution in [3.63, 3.8) is 0 Å². The topological polar surface area (TPSA) is 42.4 Å². The van der Waals surface area contributed by atoms with Gasteiger partial charge in [0.1, 0.15) is 5.76 Å². The van der Waals surface area contributed by atoms with E-state index in [2.05, 4.69) is 29.2 Å². The lowest BCUT2D eigenvalue weighted by Gasteiger charge is -2.20. The zero-order chi connectivity index (χ0) is 13.1. The highest BCUT2D eigenvalue weighted by molar-refractivity contribution is 5.28. The number of nitrogens with zero attached hydrogens (tertiary/aromatic N) is 1. The van der Waals surface area contributed by atoms with Crippen LogP contribution in [0, 0.1) is 0 Å². The van der Waals surface area contributed by atoms with Gasteiger partial charge in [-0.25, -0.2) is 0 Å². The van der Waals surface area contributed by atoms with Gasteiger partial charge in [-0.05, 0) is 36.6 Å². The fourth-order valence-electron chi connectivity index (χ4n) is 2.83. The first-order chi connectivity index (χ1) is 9.36. The molecule has 0 aliphatic carbocycles. The number of nitrogens with two attached hydrogens (primary N) is 1. The van der Waals surface area contributed by atoms with Crippen molar-refractivity contribution in [2.45, 2.75) is 32.5 Å². The SMILES string of the molecule is NCc1occc1CN1CCCc2ccccc2C1. The van der Waals surface area contributed by atoms with Crippen molar-refractivity contribution in [3.8, 4) is 0 Å². The maximum atomic E-state index is 5.70. The number of furan rings is 1. The van der Waals surface area contributed by atoms with Gasteiger partial charge in [-0.2, -0.15) is 0 Å². The van der Waals surface area contributed by atoms with E-state index in [1.807, 2.05) is 6.07 Å². The lowest BCUT2D eigenvalue weighted by Crippen LogP contribution is -2.23. The zero-order valence-electron chi connectivity index (χ0n) is 11.1. The molecule has 3 heteroatoms. The summed E-state index contributed by atoms with van der Waals surface area (Å²) in [6, 6.07) is 10.8. The fraction of sp³-hybridized carbons (Fsp3) is 0.375. The third-order valence-electron chi connectivity index (χ3n) is 3.85. The predicted molar refractivity (Wildman–Crippen MR) is 75.5 cm³/mol. The van der Waals surface area contributed by atoms with E-state index in [0.717, 1.165) is 25.4 Å². The molecule has 0 saturated heterocycles. The van der Waals surface area contributed by atoms with Crippen LogP contribution in [0.2, 0.25) is 0 Å². The first-order valence-corrected chi connectivity index (χ1v) is 6.91. The Balaban J connectivity index is 1.76. The van der Waals surface area contributed by atoms with Crippen LogP contribution in [-0.4, -0.2) is 11.4 Å². The van der Waals surface area contributed by atoms with Gasteiger partial charge in [-0.1, -0.05) is 24.3 Å². The molecule has 3 rings (SSSR count). The molecule has 2 N–H and O–H groups in total. The van der Waals surface area contributed by atoms with Gasteiger partial charge >= 0.3 is 0 Å². The summed E-state index contributed by atoms with van der Waals surface area (Å²) in [5.74, 6) is 0.914. The fourth-order valence-corrected chi connectivity index (χ4v) is 2.83. The molecule has 1 aliphatic heterocycles. The van der Waals surface area contributed by atoms with E-state index < -0.39 is 0 Å². The van der Waals surface area contributed by atoms with Gasteiger partial charge in [0.2, 0.25) is 0 Å². The van der Waals surface area contributed by atoms with Crippen molar-refractivity contribution in [2.75, 3.05) is 6.54 Å². The summed E-state index contributed by atoms with van der Waals surface area (Å²) in [4.78, 5) is 2.48. The molecule has 0 radical (unpaired) electrons. The Morgan fingerprint density at radius 2 is 2.00 bits per heavy atom. The minimum Gasteiger partial charge on any atom is -0.468 e. The number of rotatable bonds is 3. The normalized spacial score (nSPS) is 16.1. The Labute approximate surface area is 114 Å². The van der Waals surface area contributed by atoms with Crippen molar-refractivity contribution in [1.29, 1.82) is 0 Å². The molecule has 0 atom stereocenters. The highest BCUT2D eigenvalue weighted by Gasteiger charge is 2.16. The molecule has 2 aromatic rings. The van der Waals surface area contributed by atoms with E-state index in [9.17, 15) is 0 Å². The number of aryl methyl sites for hydroxylation is 1. The first kappa shape index (κ1) is 12.5. The van der Waals surface area contributed by atoms with Crippen molar-refractivity contribution >= 4 is 0 Å². The largest absolute Gasteiger partial charge is 0.468 e. The Morgan fingerprint density at radius 3 is 2.84 bits per heavy atom. The molecule has 0 saturated carbocycles. The lowest BCUT2D eigenvalue weighted by atomic mass is 10.0. The third kappa shape index (κ3) is 2.72. The molecule has 0 bridgehead atoms. The summed E-state index contributed by atoms with van der Waals surface area (Å²) in [6.07, 6.45) is 4.14. The summed E-state index contributed by atoms with van der Waals surface area (Å²) in [5.41, 5.74) is 9.87. The van der Waals surface area contributed by atoms with Crippen LogP contribution in [0.4, 0.5) is 0 Å². The van der Waals surface area contributed by atoms with Crippen LogP contribution < -0.4 is 5.73 Å². The summed E-state index contributed by atoms with van der Waals surface area (Å²) < 4.78 is 5.40. The molecule has 19 heavy (non-hydrogen) atoms. The van der Waals surface area contributed by atoms with Gasteiger partial charge in [0.25, 0.3) is 0 Å². The quantitative estimate of drug-likeness (QED) is 0.918. The van der Waals surface area contributed by atoms with Crippen LogP contribution in [0.25, 0.3) is 0 Å². The maximum absolute atomic E-state index is 5.70. The smallest absolute Gasteiger partial charge is 0.121 e. The Hall–Kier alpha value is -1.58. The number of benzene rings is 1. The second-order valence-corrected chi connectivity index (χ2v) is 5.16. The molecule has 0 fully saturated rings. The monoisotopic (exact) mass is 256 g/mol. The minimum absolute atomic E-state index is 0.479. The summed E-state index contributed by atoms with van der Waals surface area (Å²) >= 11 is 0. The average Bonchev–Trinajstić information content (AvgIpc) is 2.77. The molecular weight excluding hydrogens is 236 g/mol. The van der Waals surface area contributed by atoms with Gasteiger partial charge < -0.3 is 10.2 Å². The van der Waals surface area contributed by atoms with Gasteiger partial charge in [0, 0.05) is 18.7 Å². The van der Waals surface area contributed by atoms with E-state index in [1.54, 1.807) is 6.26 Å². The summed E-state index contributed by atoms with van der Waals surface area (Å²) in [6.45, 7) is 3.55. The van der Waals surface area contributed by atoms with Crippen LogP contribution in [0.5, 0.6) is 0 Å². The molecule has 2 heterocycles. The number of hydrogen-bond acceptors (Lipinski definition) is 3. The minimum atomic E-state index is 0.479. The molecule has 100 valence electrons. The lowest BCUT2D eigenvalue weighted by molar-refractivity contribution is 0.259. The first-order valence-electron chi connectivity index (χ1n) is 6.91. The second-order valence-electron chi connectivity index (χ2n) is 5.16. The predicted octanol–water partition coefficient (Wildman–Crippen LogP) is 2.69. The van der Waals surface area contributed by atoms with E-state index in [-0.39, 0.29) is 0 Å². The molecule has 1 aromatic heterocycles. The van der Waals surface area contributed by atoms with Crippen LogP contribution in [-0.2, 0) is 26.1 Å². The molecule has 1 aliphatic rings. The van der Waals surface area contributed by atoms with Crippen molar-refractivity contribution < 1.29 is 4.42 Å². The summed E-state index contributed by atoms with van der Waals surface area (Å²) in [7, 11) is 0. The zero-order valence-corrected chi connectivity index (χ0v) is 11.1. The van der Waals surface area contributed by atoms with Crippen LogP contribution >= 0.6 is 0 Å². The van der Waals surface area contributed by atoms with E-state index in [4.69, 9.17) is 10.2 Å². The van der Waals surface area contributed by atoms with Gasteiger partial charge in [-0.3, -0.25) is 4.90 Å². The Morgan fingerprint density at radius 1 is 1.16 bits per heavy atom. The standard InChI is InChI=1S/C16H20N2O/c17-10-16-15(7-9-19-16)12-18-8-3-6-13-4-1-2-5-14(13)11-18/h1-2,4-5,7,9H,3,6,8,10-12,17H2. The Kier molecular flexibility index (Phi) is 3.67. The molecule has 3 nitrogen and oxygen atoms in total. The van der Waals surface area contributed by atoms with Crippen LogP contribution in [0.1, 0.15) is 28.9 Å². The summed E-state index contributed by atoms with van der Waals surface area (Å²) in [5, 5.41) is 0. The van der Waals surface area contributed by atoms with Crippen molar-refractivity contribution in [2.24, 2.45) is 5.73 Å². The number of fused-ring (bicyclic) bond motifs is 1. The maximum Gasteiger partial charge on any atom is 0.121 e. The van der Waals surface area contributed by atoms with E-state index >= 15 is 0 Å². The highest BCUT2D eigenvalue weighted by Crippen LogP contribution is 2.21. The third-order valence-corrected chi connectivity index (χ3v) is 3.85. The van der Waals surface area contributed by atoms with Gasteiger partial charge in [-0.15, -0.1) is 0 Å². The van der Waals surface area contributed by atoms with Gasteiger partial charge in [0.05, 0.1) is 12.8 Å². The molecule has 1 aromatic carbocycles.